The third-order valence-electron chi connectivity index (χ3n) is 6.64. The molecule has 0 amide bonds. The second-order valence-corrected chi connectivity index (χ2v) is 7.40. The van der Waals surface area contributed by atoms with Gasteiger partial charge in [-0.25, -0.2) is 4.39 Å². The Morgan fingerprint density at radius 3 is 2.90 bits per heavy atom. The van der Waals surface area contributed by atoms with E-state index in [2.05, 4.69) is 6.92 Å². The highest BCUT2D eigenvalue weighted by molar-refractivity contribution is 5.35. The lowest BCUT2D eigenvalue weighted by Gasteiger charge is -2.50. The predicted octanol–water partition coefficient (Wildman–Crippen LogP) is 4.04. The van der Waals surface area contributed by atoms with Crippen LogP contribution in [0.25, 0.3) is 0 Å². The van der Waals surface area contributed by atoms with E-state index in [1.807, 2.05) is 6.07 Å². The molecule has 0 heterocycles. The summed E-state index contributed by atoms with van der Waals surface area (Å²) in [6.07, 6.45) is 6.50. The Labute approximate surface area is 120 Å². The first-order chi connectivity index (χ1) is 9.59. The van der Waals surface area contributed by atoms with Gasteiger partial charge in [-0.05, 0) is 85.0 Å². The second-order valence-electron chi connectivity index (χ2n) is 7.40. The van der Waals surface area contributed by atoms with E-state index in [1.165, 1.54) is 17.5 Å². The van der Waals surface area contributed by atoms with Crippen molar-refractivity contribution in [3.63, 3.8) is 0 Å². The summed E-state index contributed by atoms with van der Waals surface area (Å²) in [7, 11) is 0. The van der Waals surface area contributed by atoms with Gasteiger partial charge in [-0.1, -0.05) is 13.0 Å². The Hall–Kier alpha value is -0.890. The molecule has 1 unspecified atom stereocenters. The maximum atomic E-state index is 13.6. The zero-order valence-corrected chi connectivity index (χ0v) is 12.1. The van der Waals surface area contributed by atoms with E-state index in [9.17, 15) is 9.50 Å². The molecule has 0 saturated heterocycles. The van der Waals surface area contributed by atoms with Crippen LogP contribution >= 0.6 is 0 Å². The molecule has 0 spiro atoms. The molecule has 0 bridgehead atoms. The first-order valence-electron chi connectivity index (χ1n) is 8.06. The molecule has 0 aromatic heterocycles. The van der Waals surface area contributed by atoms with Gasteiger partial charge in [0.05, 0.1) is 6.10 Å². The van der Waals surface area contributed by atoms with Crippen LogP contribution in [0.3, 0.4) is 0 Å². The van der Waals surface area contributed by atoms with E-state index >= 15 is 0 Å². The Balaban J connectivity index is 1.73. The minimum absolute atomic E-state index is 0.0933. The number of fused-ring (bicyclic) bond motifs is 5. The molecule has 3 aliphatic carbocycles. The summed E-state index contributed by atoms with van der Waals surface area (Å²) in [5.41, 5.74) is 2.74. The van der Waals surface area contributed by atoms with Gasteiger partial charge in [0.15, 0.2) is 0 Å². The van der Waals surface area contributed by atoms with Gasteiger partial charge < -0.3 is 5.11 Å². The molecule has 5 atom stereocenters. The van der Waals surface area contributed by atoms with Crippen LogP contribution in [-0.2, 0) is 6.42 Å². The minimum atomic E-state index is -0.123. The number of halogens is 1. The molecule has 0 aliphatic heterocycles. The lowest BCUT2D eigenvalue weighted by molar-refractivity contribution is -0.0226. The molecule has 1 aromatic carbocycles. The monoisotopic (exact) mass is 274 g/mol. The molecule has 3 aliphatic rings. The summed E-state index contributed by atoms with van der Waals surface area (Å²) in [6.45, 7) is 2.28. The molecule has 2 fully saturated rings. The van der Waals surface area contributed by atoms with E-state index in [-0.39, 0.29) is 17.3 Å². The van der Waals surface area contributed by atoms with Crippen LogP contribution in [-0.4, -0.2) is 11.2 Å². The third kappa shape index (κ3) is 1.64. The van der Waals surface area contributed by atoms with Gasteiger partial charge >= 0.3 is 0 Å². The molecule has 2 saturated carbocycles. The Morgan fingerprint density at radius 2 is 2.05 bits per heavy atom. The van der Waals surface area contributed by atoms with E-state index in [0.717, 1.165) is 32.1 Å². The molecule has 1 N–H and O–H groups in total. The normalized spacial score (nSPS) is 42.8. The number of aliphatic hydroxyl groups excluding tert-OH is 1. The standard InChI is InChI=1S/C18H23FO/c1-18-9-8-13-14(16(18)6-7-17(18)20)5-3-11-2-4-12(19)10-15(11)13/h2,4,10,13-14,16-17,20H,3,5-9H2,1H3/t13-,14+,16-,17?,18-/m0/s1. The van der Waals surface area contributed by atoms with Crippen LogP contribution in [0.5, 0.6) is 0 Å². The van der Waals surface area contributed by atoms with E-state index in [4.69, 9.17) is 0 Å². The molecule has 2 heteroatoms. The van der Waals surface area contributed by atoms with Crippen molar-refractivity contribution < 1.29 is 9.50 Å². The summed E-state index contributed by atoms with van der Waals surface area (Å²) < 4.78 is 13.6. The molecular weight excluding hydrogens is 251 g/mol. The molecule has 20 heavy (non-hydrogen) atoms. The minimum Gasteiger partial charge on any atom is -0.393 e. The molecular formula is C18H23FO. The van der Waals surface area contributed by atoms with Crippen molar-refractivity contribution in [1.82, 2.24) is 0 Å². The number of rotatable bonds is 0. The number of aliphatic hydroxyl groups is 1. The van der Waals surface area contributed by atoms with Gasteiger partial charge in [-0.15, -0.1) is 0 Å². The van der Waals surface area contributed by atoms with Crippen molar-refractivity contribution in [3.05, 3.63) is 35.1 Å². The highest BCUT2D eigenvalue weighted by atomic mass is 19.1. The molecule has 1 aromatic rings. The van der Waals surface area contributed by atoms with Crippen LogP contribution < -0.4 is 0 Å². The Bertz CT molecular complexity index is 540. The first kappa shape index (κ1) is 12.8. The maximum absolute atomic E-state index is 13.6. The van der Waals surface area contributed by atoms with Crippen LogP contribution in [0.2, 0.25) is 0 Å². The maximum Gasteiger partial charge on any atom is 0.123 e. The van der Waals surface area contributed by atoms with Gasteiger partial charge in [0.2, 0.25) is 0 Å². The predicted molar refractivity (Wildman–Crippen MR) is 77.0 cm³/mol. The molecule has 4 rings (SSSR count). The van der Waals surface area contributed by atoms with Gasteiger partial charge in [0.1, 0.15) is 5.82 Å². The number of hydrogen-bond acceptors (Lipinski definition) is 1. The quantitative estimate of drug-likeness (QED) is 0.757. The topological polar surface area (TPSA) is 20.2 Å². The summed E-state index contributed by atoms with van der Waals surface area (Å²) in [4.78, 5) is 0. The van der Waals surface area contributed by atoms with Crippen LogP contribution in [0, 0.1) is 23.1 Å². The number of hydrogen-bond donors (Lipinski definition) is 1. The summed E-state index contributed by atoms with van der Waals surface area (Å²) >= 11 is 0. The lowest BCUT2D eigenvalue weighted by Crippen LogP contribution is -2.43. The van der Waals surface area contributed by atoms with Crippen molar-refractivity contribution in [2.45, 2.75) is 57.5 Å². The number of aryl methyl sites for hydroxylation is 1. The smallest absolute Gasteiger partial charge is 0.123 e. The molecule has 1 nitrogen and oxygen atoms in total. The fourth-order valence-electron chi connectivity index (χ4n) is 5.51. The summed E-state index contributed by atoms with van der Waals surface area (Å²) in [5, 5.41) is 10.4. The van der Waals surface area contributed by atoms with E-state index in [0.29, 0.717) is 17.8 Å². The van der Waals surface area contributed by atoms with Crippen LogP contribution in [0.4, 0.5) is 4.39 Å². The van der Waals surface area contributed by atoms with Gasteiger partial charge in [0, 0.05) is 0 Å². The van der Waals surface area contributed by atoms with Crippen molar-refractivity contribution in [2.75, 3.05) is 0 Å². The van der Waals surface area contributed by atoms with Gasteiger partial charge in [0.25, 0.3) is 0 Å². The third-order valence-corrected chi connectivity index (χ3v) is 6.64. The SMILES string of the molecule is C[C@]12CC[C@@H]3c4cc(F)ccc4CC[C@H]3[C@@H]1CCC2O. The average molecular weight is 274 g/mol. The molecule has 0 radical (unpaired) electrons. The van der Waals surface area contributed by atoms with E-state index in [1.54, 1.807) is 12.1 Å². The first-order valence-corrected chi connectivity index (χ1v) is 8.06. The highest BCUT2D eigenvalue weighted by Crippen LogP contribution is 2.60. The fourth-order valence-corrected chi connectivity index (χ4v) is 5.51. The average Bonchev–Trinajstić information content (AvgIpc) is 2.74. The van der Waals surface area contributed by atoms with Crippen LogP contribution in [0.15, 0.2) is 18.2 Å². The van der Waals surface area contributed by atoms with Crippen LogP contribution in [0.1, 0.15) is 56.1 Å². The van der Waals surface area contributed by atoms with Crippen molar-refractivity contribution in [2.24, 2.45) is 17.3 Å². The summed E-state index contributed by atoms with van der Waals surface area (Å²) in [5.74, 6) is 1.72. The number of benzene rings is 1. The lowest BCUT2D eigenvalue weighted by atomic mass is 9.55. The summed E-state index contributed by atoms with van der Waals surface area (Å²) in [6, 6.07) is 5.36. The van der Waals surface area contributed by atoms with Gasteiger partial charge in [-0.2, -0.15) is 0 Å². The second kappa shape index (κ2) is 4.30. The van der Waals surface area contributed by atoms with Gasteiger partial charge in [-0.3, -0.25) is 0 Å². The van der Waals surface area contributed by atoms with Crippen molar-refractivity contribution in [3.8, 4) is 0 Å². The Kier molecular flexibility index (Phi) is 2.76. The highest BCUT2D eigenvalue weighted by Gasteiger charge is 2.54. The largest absolute Gasteiger partial charge is 0.393 e. The zero-order chi connectivity index (χ0) is 13.9. The van der Waals surface area contributed by atoms with Crippen molar-refractivity contribution in [1.29, 1.82) is 0 Å². The molecule has 108 valence electrons. The zero-order valence-electron chi connectivity index (χ0n) is 12.1. The Morgan fingerprint density at radius 1 is 1.20 bits per heavy atom. The van der Waals surface area contributed by atoms with Crippen molar-refractivity contribution >= 4 is 0 Å². The fraction of sp³-hybridized carbons (Fsp3) is 0.667. The van der Waals surface area contributed by atoms with E-state index < -0.39 is 0 Å².